The Morgan fingerprint density at radius 2 is 1.76 bits per heavy atom. The molecule has 0 saturated carbocycles. The Morgan fingerprint density at radius 3 is 2.51 bits per heavy atom. The third-order valence-corrected chi connectivity index (χ3v) is 5.95. The SMILES string of the molecule is CCOc1ccccc1N(C(=O)Cn1nnc2ccccc21)[C@H](C(=O)NCCC(C)C)c1ccncc1. The van der Waals surface area contributed by atoms with Crippen LogP contribution in [0.2, 0.25) is 0 Å². The number of nitrogens with one attached hydrogen (secondary N) is 1. The van der Waals surface area contributed by atoms with E-state index >= 15 is 0 Å². The van der Waals surface area contributed by atoms with Gasteiger partial charge in [0.05, 0.1) is 17.8 Å². The fourth-order valence-electron chi connectivity index (χ4n) is 4.13. The zero-order valence-corrected chi connectivity index (χ0v) is 21.4. The maximum atomic E-state index is 14.1. The predicted octanol–water partition coefficient (Wildman–Crippen LogP) is 4.16. The molecule has 2 amide bonds. The molecule has 1 N–H and O–H groups in total. The van der Waals surface area contributed by atoms with Crippen LogP contribution in [0.3, 0.4) is 0 Å². The third kappa shape index (κ3) is 6.11. The van der Waals surface area contributed by atoms with E-state index in [0.29, 0.717) is 41.6 Å². The minimum Gasteiger partial charge on any atom is -0.492 e. The summed E-state index contributed by atoms with van der Waals surface area (Å²) in [5, 5.41) is 11.4. The second-order valence-corrected chi connectivity index (χ2v) is 9.06. The topological polar surface area (TPSA) is 102 Å². The number of hydrogen-bond acceptors (Lipinski definition) is 6. The third-order valence-electron chi connectivity index (χ3n) is 5.95. The van der Waals surface area contributed by atoms with Gasteiger partial charge in [-0.25, -0.2) is 4.68 Å². The summed E-state index contributed by atoms with van der Waals surface area (Å²) >= 11 is 0. The number of aromatic nitrogens is 4. The smallest absolute Gasteiger partial charge is 0.249 e. The predicted molar refractivity (Wildman–Crippen MR) is 142 cm³/mol. The number of para-hydroxylation sites is 3. The molecule has 0 saturated heterocycles. The first kappa shape index (κ1) is 25.8. The van der Waals surface area contributed by atoms with Crippen molar-refractivity contribution in [1.82, 2.24) is 25.3 Å². The average molecular weight is 501 g/mol. The largest absolute Gasteiger partial charge is 0.492 e. The summed E-state index contributed by atoms with van der Waals surface area (Å²) in [4.78, 5) is 33.4. The van der Waals surface area contributed by atoms with Crippen LogP contribution in [-0.2, 0) is 16.1 Å². The molecular formula is C28H32N6O3. The number of rotatable bonds is 11. The van der Waals surface area contributed by atoms with E-state index in [2.05, 4.69) is 34.5 Å². The number of benzene rings is 2. The first-order valence-electron chi connectivity index (χ1n) is 12.5. The zero-order valence-electron chi connectivity index (χ0n) is 21.4. The molecule has 0 radical (unpaired) electrons. The molecule has 2 aromatic heterocycles. The number of carbonyl (C=O) groups is 2. The van der Waals surface area contributed by atoms with Crippen LogP contribution in [0.4, 0.5) is 5.69 Å². The van der Waals surface area contributed by atoms with Gasteiger partial charge >= 0.3 is 0 Å². The summed E-state index contributed by atoms with van der Waals surface area (Å²) in [6.07, 6.45) is 4.06. The highest BCUT2D eigenvalue weighted by atomic mass is 16.5. The van der Waals surface area contributed by atoms with Gasteiger partial charge < -0.3 is 10.1 Å². The number of nitrogens with zero attached hydrogens (tertiary/aromatic N) is 5. The van der Waals surface area contributed by atoms with Gasteiger partial charge in [-0.2, -0.15) is 0 Å². The molecule has 37 heavy (non-hydrogen) atoms. The molecule has 0 aliphatic carbocycles. The number of amides is 2. The first-order chi connectivity index (χ1) is 18.0. The number of pyridine rings is 1. The quantitative estimate of drug-likeness (QED) is 0.332. The second-order valence-electron chi connectivity index (χ2n) is 9.06. The van der Waals surface area contributed by atoms with Crippen molar-refractivity contribution < 1.29 is 14.3 Å². The summed E-state index contributed by atoms with van der Waals surface area (Å²) in [5.74, 6) is 0.325. The van der Waals surface area contributed by atoms with Crippen molar-refractivity contribution in [2.24, 2.45) is 5.92 Å². The molecule has 0 spiro atoms. The molecule has 2 aromatic carbocycles. The van der Waals surface area contributed by atoms with E-state index in [-0.39, 0.29) is 18.4 Å². The van der Waals surface area contributed by atoms with Crippen molar-refractivity contribution in [1.29, 1.82) is 0 Å². The van der Waals surface area contributed by atoms with Crippen molar-refractivity contribution in [3.8, 4) is 5.75 Å². The molecule has 4 rings (SSSR count). The molecule has 0 bridgehead atoms. The number of carbonyl (C=O) groups excluding carboxylic acids is 2. The lowest BCUT2D eigenvalue weighted by Gasteiger charge is -2.32. The van der Waals surface area contributed by atoms with Crippen LogP contribution in [0.25, 0.3) is 11.0 Å². The normalized spacial score (nSPS) is 11.9. The molecule has 192 valence electrons. The van der Waals surface area contributed by atoms with Crippen molar-refractivity contribution in [3.05, 3.63) is 78.6 Å². The van der Waals surface area contributed by atoms with Gasteiger partial charge in [0, 0.05) is 18.9 Å². The van der Waals surface area contributed by atoms with Crippen LogP contribution in [-0.4, -0.2) is 44.9 Å². The number of ether oxygens (including phenoxy) is 1. The molecule has 4 aromatic rings. The Hall–Kier alpha value is -4.27. The molecule has 9 nitrogen and oxygen atoms in total. The van der Waals surface area contributed by atoms with E-state index in [9.17, 15) is 9.59 Å². The Kier molecular flexibility index (Phi) is 8.45. The van der Waals surface area contributed by atoms with E-state index in [4.69, 9.17) is 4.74 Å². The fraction of sp³-hybridized carbons (Fsp3) is 0.321. The Morgan fingerprint density at radius 1 is 1.03 bits per heavy atom. The molecule has 2 heterocycles. The fourth-order valence-corrected chi connectivity index (χ4v) is 4.13. The average Bonchev–Trinajstić information content (AvgIpc) is 3.30. The molecule has 0 unspecified atom stereocenters. The zero-order chi connectivity index (χ0) is 26.2. The summed E-state index contributed by atoms with van der Waals surface area (Å²) < 4.78 is 7.43. The van der Waals surface area contributed by atoms with Gasteiger partial charge in [-0.1, -0.05) is 43.3 Å². The minimum atomic E-state index is -0.945. The van der Waals surface area contributed by atoms with Gasteiger partial charge in [-0.15, -0.1) is 5.10 Å². The van der Waals surface area contributed by atoms with Crippen LogP contribution in [0.5, 0.6) is 5.75 Å². The van der Waals surface area contributed by atoms with Crippen molar-refractivity contribution in [3.63, 3.8) is 0 Å². The lowest BCUT2D eigenvalue weighted by Crippen LogP contribution is -2.45. The van der Waals surface area contributed by atoms with E-state index in [1.54, 1.807) is 41.3 Å². The van der Waals surface area contributed by atoms with Crippen molar-refractivity contribution >= 4 is 28.5 Å². The molecule has 0 aliphatic heterocycles. The lowest BCUT2D eigenvalue weighted by molar-refractivity contribution is -0.127. The highest BCUT2D eigenvalue weighted by Crippen LogP contribution is 2.35. The highest BCUT2D eigenvalue weighted by molar-refractivity contribution is 6.02. The Bertz CT molecular complexity index is 1340. The molecule has 9 heteroatoms. The van der Waals surface area contributed by atoms with Gasteiger partial charge in [-0.3, -0.25) is 19.5 Å². The molecule has 1 atom stereocenters. The summed E-state index contributed by atoms with van der Waals surface area (Å²) in [6, 6.07) is 17.2. The van der Waals surface area contributed by atoms with Gasteiger partial charge in [0.1, 0.15) is 23.9 Å². The summed E-state index contributed by atoms with van der Waals surface area (Å²) in [6.45, 7) is 6.88. The Balaban J connectivity index is 1.79. The second kappa shape index (κ2) is 12.1. The number of fused-ring (bicyclic) bond motifs is 1. The number of anilines is 1. The van der Waals surface area contributed by atoms with Crippen LogP contribution in [0, 0.1) is 5.92 Å². The summed E-state index contributed by atoms with van der Waals surface area (Å²) in [7, 11) is 0. The lowest BCUT2D eigenvalue weighted by atomic mass is 10.0. The van der Waals surface area contributed by atoms with Crippen molar-refractivity contribution in [2.45, 2.75) is 39.8 Å². The van der Waals surface area contributed by atoms with Crippen molar-refractivity contribution in [2.75, 3.05) is 18.1 Å². The van der Waals surface area contributed by atoms with Crippen LogP contribution < -0.4 is 15.0 Å². The van der Waals surface area contributed by atoms with Gasteiger partial charge in [-0.05, 0) is 61.2 Å². The highest BCUT2D eigenvalue weighted by Gasteiger charge is 2.34. The Labute approximate surface area is 216 Å². The molecular weight excluding hydrogens is 468 g/mol. The first-order valence-corrected chi connectivity index (χ1v) is 12.5. The summed E-state index contributed by atoms with van der Waals surface area (Å²) in [5.41, 5.74) is 2.56. The van der Waals surface area contributed by atoms with E-state index < -0.39 is 6.04 Å². The monoisotopic (exact) mass is 500 g/mol. The van der Waals surface area contributed by atoms with Gasteiger partial charge in [0.15, 0.2) is 0 Å². The van der Waals surface area contributed by atoms with Crippen LogP contribution in [0.1, 0.15) is 38.8 Å². The van der Waals surface area contributed by atoms with E-state index in [1.807, 2.05) is 43.3 Å². The maximum Gasteiger partial charge on any atom is 0.249 e. The van der Waals surface area contributed by atoms with Crippen LogP contribution >= 0.6 is 0 Å². The van der Waals surface area contributed by atoms with Gasteiger partial charge in [0.25, 0.3) is 0 Å². The van der Waals surface area contributed by atoms with E-state index in [1.165, 1.54) is 4.90 Å². The maximum absolute atomic E-state index is 14.1. The van der Waals surface area contributed by atoms with Gasteiger partial charge in [0.2, 0.25) is 11.8 Å². The molecule has 0 fully saturated rings. The minimum absolute atomic E-state index is 0.109. The van der Waals surface area contributed by atoms with E-state index in [0.717, 1.165) is 11.9 Å². The molecule has 0 aliphatic rings. The standard InChI is InChI=1S/C28H32N6O3/c1-4-37-25-12-8-7-11-24(25)34(26(35)19-33-23-10-6-5-9-22(23)31-32-33)27(21-14-16-29-17-15-21)28(36)30-18-13-20(2)3/h5-12,14-17,20,27H,4,13,18-19H2,1-3H3,(H,30,36)/t27-/m0/s1. The van der Waals surface area contributed by atoms with Crippen LogP contribution in [0.15, 0.2) is 73.1 Å². The number of hydrogen-bond donors (Lipinski definition) is 1.